The molecule has 0 saturated carbocycles. The summed E-state index contributed by atoms with van der Waals surface area (Å²) in [6.45, 7) is 1.62. The lowest BCUT2D eigenvalue weighted by molar-refractivity contribution is -0.115. The largest absolute Gasteiger partial charge is 0.495 e. The number of nitrogens with one attached hydrogen (secondary N) is 1. The third-order valence-electron chi connectivity index (χ3n) is 1.69. The van der Waals surface area contributed by atoms with Crippen molar-refractivity contribution in [2.75, 3.05) is 19.0 Å². The molecule has 0 aromatic heterocycles. The molecule has 0 aliphatic heterocycles. The highest BCUT2D eigenvalue weighted by Crippen LogP contribution is 2.24. The van der Waals surface area contributed by atoms with Crippen LogP contribution in [0.4, 0.5) is 10.1 Å². The van der Waals surface area contributed by atoms with Gasteiger partial charge < -0.3 is 10.1 Å². The molecule has 3 nitrogen and oxygen atoms in total. The van der Waals surface area contributed by atoms with Crippen LogP contribution in [-0.2, 0) is 4.79 Å². The molecule has 1 N–H and O–H groups in total. The van der Waals surface area contributed by atoms with Crippen LogP contribution in [0.3, 0.4) is 0 Å². The van der Waals surface area contributed by atoms with Gasteiger partial charge in [-0.15, -0.1) is 0 Å². The van der Waals surface area contributed by atoms with E-state index in [2.05, 4.69) is 5.32 Å². The molecule has 0 aliphatic carbocycles. The van der Waals surface area contributed by atoms with E-state index in [9.17, 15) is 9.18 Å². The van der Waals surface area contributed by atoms with Gasteiger partial charge in [-0.1, -0.05) is 0 Å². The van der Waals surface area contributed by atoms with Crippen LogP contribution in [0, 0.1) is 5.82 Å². The van der Waals surface area contributed by atoms with Gasteiger partial charge in [0.15, 0.2) is 0 Å². The van der Waals surface area contributed by atoms with Crippen LogP contribution in [0.25, 0.3) is 0 Å². The molecular formula is C10H12FNO2. The van der Waals surface area contributed by atoms with Crippen LogP contribution < -0.4 is 10.1 Å². The SMILES string of the molecule is COc1ccc(F)cc1NCC(C)=O. The second kappa shape index (κ2) is 4.60. The zero-order valence-electron chi connectivity index (χ0n) is 8.13. The number of ether oxygens (including phenoxy) is 1. The van der Waals surface area contributed by atoms with Gasteiger partial charge in [0.05, 0.1) is 19.3 Å². The molecule has 0 amide bonds. The first-order valence-corrected chi connectivity index (χ1v) is 4.20. The van der Waals surface area contributed by atoms with E-state index in [4.69, 9.17) is 4.74 Å². The molecule has 0 saturated heterocycles. The standard InChI is InChI=1S/C10H12FNO2/c1-7(13)6-12-9-5-8(11)3-4-10(9)14-2/h3-5,12H,6H2,1-2H3. The number of benzene rings is 1. The quantitative estimate of drug-likeness (QED) is 0.800. The van der Waals surface area contributed by atoms with Gasteiger partial charge in [-0.05, 0) is 19.1 Å². The van der Waals surface area contributed by atoms with Crippen LogP contribution in [-0.4, -0.2) is 19.4 Å². The van der Waals surface area contributed by atoms with E-state index in [0.717, 1.165) is 0 Å². The molecule has 76 valence electrons. The monoisotopic (exact) mass is 197 g/mol. The van der Waals surface area contributed by atoms with Crippen molar-refractivity contribution in [1.82, 2.24) is 0 Å². The Hall–Kier alpha value is -1.58. The molecule has 0 radical (unpaired) electrons. The third kappa shape index (κ3) is 2.73. The second-order valence-electron chi connectivity index (χ2n) is 2.90. The van der Waals surface area contributed by atoms with Crippen molar-refractivity contribution in [1.29, 1.82) is 0 Å². The lowest BCUT2D eigenvalue weighted by atomic mass is 10.2. The Balaban J connectivity index is 2.82. The normalized spacial score (nSPS) is 9.64. The van der Waals surface area contributed by atoms with E-state index in [1.54, 1.807) is 0 Å². The maximum Gasteiger partial charge on any atom is 0.148 e. The Labute approximate surface area is 81.9 Å². The lowest BCUT2D eigenvalue weighted by Gasteiger charge is -2.09. The zero-order valence-corrected chi connectivity index (χ0v) is 8.13. The molecule has 4 heteroatoms. The smallest absolute Gasteiger partial charge is 0.148 e. The predicted molar refractivity (Wildman–Crippen MR) is 52.1 cm³/mol. The van der Waals surface area contributed by atoms with Crippen LogP contribution in [0.5, 0.6) is 5.75 Å². The molecule has 1 aromatic carbocycles. The second-order valence-corrected chi connectivity index (χ2v) is 2.90. The number of rotatable bonds is 4. The topological polar surface area (TPSA) is 38.3 Å². The molecule has 0 fully saturated rings. The minimum atomic E-state index is -0.364. The highest BCUT2D eigenvalue weighted by atomic mass is 19.1. The van der Waals surface area contributed by atoms with Crippen molar-refractivity contribution in [3.8, 4) is 5.75 Å². The summed E-state index contributed by atoms with van der Waals surface area (Å²) in [7, 11) is 1.49. The molecule has 0 spiro atoms. The fourth-order valence-electron chi connectivity index (χ4n) is 1.04. The van der Waals surface area contributed by atoms with E-state index in [1.807, 2.05) is 0 Å². The number of carbonyl (C=O) groups is 1. The van der Waals surface area contributed by atoms with E-state index in [0.29, 0.717) is 11.4 Å². The van der Waals surface area contributed by atoms with Gasteiger partial charge in [0.2, 0.25) is 0 Å². The van der Waals surface area contributed by atoms with Crippen molar-refractivity contribution >= 4 is 11.5 Å². The van der Waals surface area contributed by atoms with Crippen LogP contribution >= 0.6 is 0 Å². The molecule has 0 bridgehead atoms. The molecule has 1 aromatic rings. The van der Waals surface area contributed by atoms with Gasteiger partial charge in [0, 0.05) is 6.07 Å². The van der Waals surface area contributed by atoms with Gasteiger partial charge in [-0.2, -0.15) is 0 Å². The van der Waals surface area contributed by atoms with E-state index >= 15 is 0 Å². The lowest BCUT2D eigenvalue weighted by Crippen LogP contribution is -2.10. The fourth-order valence-corrected chi connectivity index (χ4v) is 1.04. The van der Waals surface area contributed by atoms with Gasteiger partial charge in [-0.25, -0.2) is 4.39 Å². The van der Waals surface area contributed by atoms with Gasteiger partial charge in [0.25, 0.3) is 0 Å². The number of anilines is 1. The summed E-state index contributed by atoms with van der Waals surface area (Å²) in [4.78, 5) is 10.7. The first-order chi connectivity index (χ1) is 6.63. The number of hydrogen-bond acceptors (Lipinski definition) is 3. The Morgan fingerprint density at radius 1 is 1.57 bits per heavy atom. The Bertz CT molecular complexity index is 339. The number of ketones is 1. The summed E-state index contributed by atoms with van der Waals surface area (Å²) in [5.41, 5.74) is 0.489. The average Bonchev–Trinajstić information content (AvgIpc) is 2.15. The highest BCUT2D eigenvalue weighted by Gasteiger charge is 2.04. The Morgan fingerprint density at radius 2 is 2.29 bits per heavy atom. The molecule has 0 aliphatic rings. The zero-order chi connectivity index (χ0) is 10.6. The van der Waals surface area contributed by atoms with Crippen molar-refractivity contribution in [3.05, 3.63) is 24.0 Å². The number of carbonyl (C=O) groups excluding carboxylic acids is 1. The fraction of sp³-hybridized carbons (Fsp3) is 0.300. The van der Waals surface area contributed by atoms with E-state index in [-0.39, 0.29) is 18.1 Å². The van der Waals surface area contributed by atoms with Crippen molar-refractivity contribution < 1.29 is 13.9 Å². The van der Waals surface area contributed by atoms with Crippen molar-refractivity contribution in [3.63, 3.8) is 0 Å². The van der Waals surface area contributed by atoms with Crippen molar-refractivity contribution in [2.24, 2.45) is 0 Å². The molecule has 1 rings (SSSR count). The number of methoxy groups -OCH3 is 1. The first-order valence-electron chi connectivity index (χ1n) is 4.20. The summed E-state index contributed by atoms with van der Waals surface area (Å²) in [6.07, 6.45) is 0. The van der Waals surface area contributed by atoms with Gasteiger partial charge >= 0.3 is 0 Å². The molecule has 14 heavy (non-hydrogen) atoms. The maximum atomic E-state index is 12.8. The van der Waals surface area contributed by atoms with Crippen molar-refractivity contribution in [2.45, 2.75) is 6.92 Å². The number of halogens is 1. The summed E-state index contributed by atoms with van der Waals surface area (Å²) in [5, 5.41) is 2.79. The summed E-state index contributed by atoms with van der Waals surface area (Å²) >= 11 is 0. The molecule has 0 heterocycles. The summed E-state index contributed by atoms with van der Waals surface area (Å²) in [5.74, 6) is 0.140. The molecule has 0 atom stereocenters. The average molecular weight is 197 g/mol. The number of hydrogen-bond donors (Lipinski definition) is 1. The Kier molecular flexibility index (Phi) is 3.45. The third-order valence-corrected chi connectivity index (χ3v) is 1.69. The number of Topliss-reactive ketones (excluding diaryl/α,β-unsaturated/α-hetero) is 1. The summed E-state index contributed by atoms with van der Waals surface area (Å²) < 4.78 is 17.8. The van der Waals surface area contributed by atoms with Crippen LogP contribution in [0.1, 0.15) is 6.92 Å². The van der Waals surface area contributed by atoms with E-state index < -0.39 is 0 Å². The molecule has 0 unspecified atom stereocenters. The predicted octanol–water partition coefficient (Wildman–Crippen LogP) is 1.84. The minimum Gasteiger partial charge on any atom is -0.495 e. The van der Waals surface area contributed by atoms with Gasteiger partial charge in [-0.3, -0.25) is 4.79 Å². The summed E-state index contributed by atoms with van der Waals surface area (Å²) in [6, 6.07) is 4.11. The van der Waals surface area contributed by atoms with E-state index in [1.165, 1.54) is 32.2 Å². The van der Waals surface area contributed by atoms with Crippen LogP contribution in [0.2, 0.25) is 0 Å². The maximum absolute atomic E-state index is 12.8. The Morgan fingerprint density at radius 3 is 2.86 bits per heavy atom. The van der Waals surface area contributed by atoms with Crippen LogP contribution in [0.15, 0.2) is 18.2 Å². The highest BCUT2D eigenvalue weighted by molar-refractivity contribution is 5.80. The van der Waals surface area contributed by atoms with Gasteiger partial charge in [0.1, 0.15) is 17.3 Å². The first kappa shape index (κ1) is 10.5. The molecular weight excluding hydrogens is 185 g/mol. The minimum absolute atomic E-state index is 0.0173.